The summed E-state index contributed by atoms with van der Waals surface area (Å²) in [6.45, 7) is -0.795. The molecule has 0 bridgehead atoms. The fourth-order valence-electron chi connectivity index (χ4n) is 2.41. The molecule has 0 aliphatic carbocycles. The Labute approximate surface area is 153 Å². The van der Waals surface area contributed by atoms with Crippen molar-refractivity contribution in [2.24, 2.45) is 0 Å². The Kier molecular flexibility index (Phi) is 5.37. The van der Waals surface area contributed by atoms with Crippen LogP contribution in [-0.4, -0.2) is 28.3 Å². The number of halogens is 2. The molecule has 0 spiro atoms. The Morgan fingerprint density at radius 2 is 1.85 bits per heavy atom. The van der Waals surface area contributed by atoms with Crippen molar-refractivity contribution in [3.05, 3.63) is 71.3 Å². The zero-order valence-electron chi connectivity index (χ0n) is 14.2. The van der Waals surface area contributed by atoms with Crippen molar-refractivity contribution in [3.63, 3.8) is 0 Å². The molecular formula is C19H15F2N3O3. The van der Waals surface area contributed by atoms with Gasteiger partial charge in [0, 0.05) is 16.7 Å². The highest BCUT2D eigenvalue weighted by Gasteiger charge is 2.15. The Hall–Kier alpha value is -3.39. The third kappa shape index (κ3) is 4.06. The fourth-order valence-corrected chi connectivity index (χ4v) is 2.41. The summed E-state index contributed by atoms with van der Waals surface area (Å²) in [5, 5.41) is 19.3. The first kappa shape index (κ1) is 18.4. The summed E-state index contributed by atoms with van der Waals surface area (Å²) in [7, 11) is 1.56. The van der Waals surface area contributed by atoms with E-state index < -0.39 is 29.7 Å². The van der Waals surface area contributed by atoms with E-state index in [-0.39, 0.29) is 11.4 Å². The highest BCUT2D eigenvalue weighted by atomic mass is 19.1. The second-order valence-corrected chi connectivity index (χ2v) is 5.57. The summed E-state index contributed by atoms with van der Waals surface area (Å²) < 4.78 is 32.5. The topological polar surface area (TPSA) is 84.3 Å². The molecule has 6 nitrogen and oxygen atoms in total. The number of ether oxygens (including phenoxy) is 1. The van der Waals surface area contributed by atoms with Gasteiger partial charge in [-0.1, -0.05) is 12.1 Å². The van der Waals surface area contributed by atoms with Crippen LogP contribution in [0.4, 0.5) is 14.6 Å². The number of nitrogens with zero attached hydrogens (tertiary/aromatic N) is 2. The molecule has 0 aliphatic rings. The van der Waals surface area contributed by atoms with Gasteiger partial charge in [0.25, 0.3) is 5.91 Å². The standard InChI is InChI=1S/C19H15F2N3O3/c1-27-13-4-2-3-11(7-13)17-5-6-18(24-23-17)22-19(26)12-8-15(20)14(10-25)16(21)9-12/h2-9,25H,10H2,1H3,(H,22,24,26). The summed E-state index contributed by atoms with van der Waals surface area (Å²) in [5.41, 5.74) is 0.620. The van der Waals surface area contributed by atoms with Crippen LogP contribution in [0.5, 0.6) is 5.75 Å². The number of amides is 1. The smallest absolute Gasteiger partial charge is 0.257 e. The second-order valence-electron chi connectivity index (χ2n) is 5.57. The van der Waals surface area contributed by atoms with Crippen molar-refractivity contribution < 1.29 is 23.4 Å². The van der Waals surface area contributed by atoms with Gasteiger partial charge in [-0.05, 0) is 36.4 Å². The molecule has 2 aromatic carbocycles. The van der Waals surface area contributed by atoms with Gasteiger partial charge in [0.15, 0.2) is 5.82 Å². The van der Waals surface area contributed by atoms with Gasteiger partial charge < -0.3 is 15.2 Å². The normalized spacial score (nSPS) is 10.5. The zero-order chi connectivity index (χ0) is 19.4. The molecule has 0 saturated heterocycles. The number of hydrogen-bond acceptors (Lipinski definition) is 5. The van der Waals surface area contributed by atoms with Gasteiger partial charge in [0.05, 0.1) is 19.4 Å². The summed E-state index contributed by atoms with van der Waals surface area (Å²) >= 11 is 0. The van der Waals surface area contributed by atoms with E-state index in [4.69, 9.17) is 9.84 Å². The number of aliphatic hydroxyl groups excluding tert-OH is 1. The maximum atomic E-state index is 13.7. The predicted octanol–water partition coefficient (Wildman–Crippen LogP) is 3.18. The molecule has 0 atom stereocenters. The molecule has 0 fully saturated rings. The number of aromatic nitrogens is 2. The van der Waals surface area contributed by atoms with Crippen LogP contribution >= 0.6 is 0 Å². The predicted molar refractivity (Wildman–Crippen MR) is 94.3 cm³/mol. The number of hydrogen-bond donors (Lipinski definition) is 2. The molecule has 0 unspecified atom stereocenters. The van der Waals surface area contributed by atoms with Gasteiger partial charge in [0.2, 0.25) is 0 Å². The average Bonchev–Trinajstić information content (AvgIpc) is 2.68. The van der Waals surface area contributed by atoms with E-state index >= 15 is 0 Å². The third-order valence-corrected chi connectivity index (χ3v) is 3.83. The highest BCUT2D eigenvalue weighted by Crippen LogP contribution is 2.22. The maximum absolute atomic E-state index is 13.7. The molecule has 8 heteroatoms. The molecule has 3 aromatic rings. The molecule has 1 aromatic heterocycles. The Morgan fingerprint density at radius 3 is 2.44 bits per heavy atom. The van der Waals surface area contributed by atoms with E-state index in [2.05, 4.69) is 15.5 Å². The number of benzene rings is 2. The Balaban J connectivity index is 1.77. The lowest BCUT2D eigenvalue weighted by atomic mass is 10.1. The number of anilines is 1. The fraction of sp³-hybridized carbons (Fsp3) is 0.105. The SMILES string of the molecule is COc1cccc(-c2ccc(NC(=O)c3cc(F)c(CO)c(F)c3)nn2)c1. The zero-order valence-corrected chi connectivity index (χ0v) is 14.2. The number of rotatable bonds is 5. The van der Waals surface area contributed by atoms with Crippen molar-refractivity contribution in [1.82, 2.24) is 10.2 Å². The molecule has 0 radical (unpaired) electrons. The Bertz CT molecular complexity index is 955. The summed E-state index contributed by atoms with van der Waals surface area (Å²) in [5.74, 6) is -1.95. The van der Waals surface area contributed by atoms with Gasteiger partial charge in [-0.15, -0.1) is 10.2 Å². The molecule has 1 amide bonds. The van der Waals surface area contributed by atoms with Gasteiger partial charge in [-0.25, -0.2) is 8.78 Å². The highest BCUT2D eigenvalue weighted by molar-refractivity contribution is 6.03. The molecule has 3 rings (SSSR count). The quantitative estimate of drug-likeness (QED) is 0.720. The first-order valence-electron chi connectivity index (χ1n) is 7.90. The van der Waals surface area contributed by atoms with E-state index in [9.17, 15) is 13.6 Å². The van der Waals surface area contributed by atoms with Crippen LogP contribution in [0.25, 0.3) is 11.3 Å². The molecule has 27 heavy (non-hydrogen) atoms. The van der Waals surface area contributed by atoms with Crippen molar-refractivity contribution in [3.8, 4) is 17.0 Å². The van der Waals surface area contributed by atoms with Crippen LogP contribution in [-0.2, 0) is 6.61 Å². The first-order valence-corrected chi connectivity index (χ1v) is 7.90. The van der Waals surface area contributed by atoms with Gasteiger partial charge in [0.1, 0.15) is 17.4 Å². The molecule has 1 heterocycles. The van der Waals surface area contributed by atoms with E-state index in [0.29, 0.717) is 11.4 Å². The molecule has 0 saturated carbocycles. The number of carbonyl (C=O) groups is 1. The van der Waals surface area contributed by atoms with Crippen molar-refractivity contribution in [2.45, 2.75) is 6.61 Å². The van der Waals surface area contributed by atoms with Crippen molar-refractivity contribution >= 4 is 11.7 Å². The largest absolute Gasteiger partial charge is 0.497 e. The van der Waals surface area contributed by atoms with Crippen LogP contribution in [0.2, 0.25) is 0 Å². The monoisotopic (exact) mass is 371 g/mol. The van der Waals surface area contributed by atoms with Gasteiger partial charge >= 0.3 is 0 Å². The van der Waals surface area contributed by atoms with Crippen LogP contribution in [0, 0.1) is 11.6 Å². The molecular weight excluding hydrogens is 356 g/mol. The molecule has 138 valence electrons. The van der Waals surface area contributed by atoms with E-state index in [1.54, 1.807) is 25.3 Å². The average molecular weight is 371 g/mol. The van der Waals surface area contributed by atoms with Crippen LogP contribution in [0.1, 0.15) is 15.9 Å². The number of methoxy groups -OCH3 is 1. The number of aliphatic hydroxyl groups is 1. The summed E-state index contributed by atoms with van der Waals surface area (Å²) in [4.78, 5) is 12.2. The van der Waals surface area contributed by atoms with E-state index in [0.717, 1.165) is 17.7 Å². The van der Waals surface area contributed by atoms with Crippen molar-refractivity contribution in [2.75, 3.05) is 12.4 Å². The van der Waals surface area contributed by atoms with Gasteiger partial charge in [-0.3, -0.25) is 4.79 Å². The van der Waals surface area contributed by atoms with Crippen LogP contribution < -0.4 is 10.1 Å². The minimum atomic E-state index is -0.998. The molecule has 2 N–H and O–H groups in total. The molecule has 0 aliphatic heterocycles. The van der Waals surface area contributed by atoms with Crippen LogP contribution in [0.15, 0.2) is 48.5 Å². The Morgan fingerprint density at radius 1 is 1.11 bits per heavy atom. The first-order chi connectivity index (χ1) is 13.0. The lowest BCUT2D eigenvalue weighted by Crippen LogP contribution is -2.15. The lowest BCUT2D eigenvalue weighted by Gasteiger charge is -2.08. The minimum Gasteiger partial charge on any atom is -0.497 e. The number of carbonyl (C=O) groups excluding carboxylic acids is 1. The van der Waals surface area contributed by atoms with E-state index in [1.807, 2.05) is 12.1 Å². The summed E-state index contributed by atoms with van der Waals surface area (Å²) in [6.07, 6.45) is 0. The summed E-state index contributed by atoms with van der Waals surface area (Å²) in [6, 6.07) is 12.1. The maximum Gasteiger partial charge on any atom is 0.257 e. The second kappa shape index (κ2) is 7.88. The van der Waals surface area contributed by atoms with Gasteiger partial charge in [-0.2, -0.15) is 0 Å². The van der Waals surface area contributed by atoms with Crippen molar-refractivity contribution in [1.29, 1.82) is 0 Å². The third-order valence-electron chi connectivity index (χ3n) is 3.83. The van der Waals surface area contributed by atoms with E-state index in [1.165, 1.54) is 6.07 Å². The minimum absolute atomic E-state index is 0.124. The number of nitrogens with one attached hydrogen (secondary N) is 1. The van der Waals surface area contributed by atoms with Crippen LogP contribution in [0.3, 0.4) is 0 Å². The lowest BCUT2D eigenvalue weighted by molar-refractivity contribution is 0.102.